The van der Waals surface area contributed by atoms with Gasteiger partial charge in [0.1, 0.15) is 11.6 Å². The molecular formula is C27H26F3N7O2S2. The number of pyridine rings is 1. The van der Waals surface area contributed by atoms with Gasteiger partial charge in [-0.2, -0.15) is 21.6 Å². The molecule has 6 rings (SSSR count). The van der Waals surface area contributed by atoms with Crippen LogP contribution in [0.5, 0.6) is 0 Å². The Hall–Kier alpha value is -3.78. The van der Waals surface area contributed by atoms with Crippen LogP contribution in [0.25, 0.3) is 10.8 Å². The molecule has 0 unspecified atom stereocenters. The van der Waals surface area contributed by atoms with Crippen molar-refractivity contribution in [2.24, 2.45) is 0 Å². The van der Waals surface area contributed by atoms with Gasteiger partial charge in [0.2, 0.25) is 0 Å². The van der Waals surface area contributed by atoms with Gasteiger partial charge in [-0.25, -0.2) is 9.97 Å². The summed E-state index contributed by atoms with van der Waals surface area (Å²) in [5, 5.41) is 6.08. The lowest BCUT2D eigenvalue weighted by Gasteiger charge is -2.37. The topological polar surface area (TPSA) is 94.6 Å². The molecule has 214 valence electrons. The summed E-state index contributed by atoms with van der Waals surface area (Å²) in [6, 6.07) is 14.7. The van der Waals surface area contributed by atoms with Crippen LogP contribution in [0.2, 0.25) is 0 Å². The predicted molar refractivity (Wildman–Crippen MR) is 156 cm³/mol. The van der Waals surface area contributed by atoms with E-state index in [1.807, 2.05) is 36.8 Å². The molecule has 0 amide bonds. The summed E-state index contributed by atoms with van der Waals surface area (Å²) in [4.78, 5) is 18.1. The second-order valence-corrected chi connectivity index (χ2v) is 12.3. The van der Waals surface area contributed by atoms with Gasteiger partial charge in [-0.15, -0.1) is 0 Å². The van der Waals surface area contributed by atoms with Crippen LogP contribution < -0.4 is 19.4 Å². The number of halogens is 3. The van der Waals surface area contributed by atoms with E-state index in [-0.39, 0.29) is 18.7 Å². The highest BCUT2D eigenvalue weighted by molar-refractivity contribution is 7.98. The number of sulfonamides is 1. The average molecular weight is 602 g/mol. The van der Waals surface area contributed by atoms with E-state index in [1.165, 1.54) is 28.9 Å². The van der Waals surface area contributed by atoms with Gasteiger partial charge < -0.3 is 15.1 Å². The van der Waals surface area contributed by atoms with Crippen LogP contribution in [-0.4, -0.2) is 67.9 Å². The number of anilines is 5. The van der Waals surface area contributed by atoms with E-state index >= 15 is 0 Å². The minimum Gasteiger partial charge on any atom is -0.367 e. The van der Waals surface area contributed by atoms with Crippen molar-refractivity contribution in [1.29, 1.82) is 0 Å². The van der Waals surface area contributed by atoms with E-state index in [0.29, 0.717) is 26.5 Å². The van der Waals surface area contributed by atoms with Crippen molar-refractivity contribution < 1.29 is 21.6 Å². The number of rotatable bonds is 6. The Morgan fingerprint density at radius 1 is 0.927 bits per heavy atom. The molecule has 0 spiro atoms. The third-order valence-electron chi connectivity index (χ3n) is 7.26. The maximum Gasteiger partial charge on any atom is 0.516 e. The molecule has 9 nitrogen and oxygen atoms in total. The second kappa shape index (κ2) is 10.6. The summed E-state index contributed by atoms with van der Waals surface area (Å²) in [6.45, 7) is 2.88. The van der Waals surface area contributed by atoms with Gasteiger partial charge >= 0.3 is 15.5 Å². The normalized spacial score (nSPS) is 15.9. The molecule has 0 saturated carbocycles. The first-order valence-corrected chi connectivity index (χ1v) is 15.6. The number of benzene rings is 2. The van der Waals surface area contributed by atoms with E-state index in [0.717, 1.165) is 37.4 Å². The lowest BCUT2D eigenvalue weighted by atomic mass is 10.1. The quantitative estimate of drug-likeness (QED) is 0.241. The molecule has 0 bridgehead atoms. The van der Waals surface area contributed by atoms with Crippen LogP contribution >= 0.6 is 11.8 Å². The smallest absolute Gasteiger partial charge is 0.367 e. The van der Waals surface area contributed by atoms with Crippen molar-refractivity contribution in [1.82, 2.24) is 15.0 Å². The van der Waals surface area contributed by atoms with Gasteiger partial charge in [0.15, 0.2) is 5.16 Å². The number of hydrogen-bond donors (Lipinski definition) is 1. The van der Waals surface area contributed by atoms with Crippen LogP contribution in [0.15, 0.2) is 66.1 Å². The largest absolute Gasteiger partial charge is 0.516 e. The number of hydrogen-bond acceptors (Lipinski definition) is 9. The predicted octanol–water partition coefficient (Wildman–Crippen LogP) is 5.03. The first kappa shape index (κ1) is 27.4. The average Bonchev–Trinajstić information content (AvgIpc) is 3.40. The van der Waals surface area contributed by atoms with Crippen molar-refractivity contribution in [3.05, 3.63) is 66.5 Å². The zero-order chi connectivity index (χ0) is 28.8. The molecule has 0 aliphatic carbocycles. The number of fused-ring (bicyclic) bond motifs is 2. The van der Waals surface area contributed by atoms with Crippen molar-refractivity contribution in [2.45, 2.75) is 17.1 Å². The number of aromatic nitrogens is 3. The first-order chi connectivity index (χ1) is 19.6. The fourth-order valence-corrected chi connectivity index (χ4v) is 6.65. The lowest BCUT2D eigenvalue weighted by Crippen LogP contribution is -2.47. The summed E-state index contributed by atoms with van der Waals surface area (Å²) in [6.07, 6.45) is 5.75. The van der Waals surface area contributed by atoms with Gasteiger partial charge in [0.25, 0.3) is 0 Å². The molecule has 1 saturated heterocycles. The van der Waals surface area contributed by atoms with Gasteiger partial charge in [0, 0.05) is 73.3 Å². The fraction of sp³-hybridized carbons (Fsp3) is 0.296. The van der Waals surface area contributed by atoms with Crippen molar-refractivity contribution in [2.75, 3.05) is 58.4 Å². The van der Waals surface area contributed by atoms with Gasteiger partial charge in [-0.1, -0.05) is 23.9 Å². The molecule has 2 aromatic carbocycles. The van der Waals surface area contributed by atoms with E-state index in [9.17, 15) is 21.6 Å². The highest BCUT2D eigenvalue weighted by atomic mass is 32.2. The van der Waals surface area contributed by atoms with Crippen LogP contribution in [0.4, 0.5) is 41.9 Å². The molecule has 4 heterocycles. The highest BCUT2D eigenvalue weighted by Gasteiger charge is 2.51. The monoisotopic (exact) mass is 601 g/mol. The van der Waals surface area contributed by atoms with Crippen LogP contribution in [0.1, 0.15) is 5.56 Å². The number of piperazine rings is 1. The Labute approximate surface area is 239 Å². The van der Waals surface area contributed by atoms with E-state index < -0.39 is 15.5 Å². The fourth-order valence-electron chi connectivity index (χ4n) is 5.26. The summed E-state index contributed by atoms with van der Waals surface area (Å²) in [7, 11) is -5.44. The van der Waals surface area contributed by atoms with Crippen LogP contribution in [0.3, 0.4) is 0 Å². The summed E-state index contributed by atoms with van der Waals surface area (Å²) in [5.41, 5.74) is -3.02. The molecule has 41 heavy (non-hydrogen) atoms. The Morgan fingerprint density at radius 2 is 1.71 bits per heavy atom. The molecule has 0 radical (unpaired) electrons. The zero-order valence-electron chi connectivity index (χ0n) is 22.0. The third kappa shape index (κ3) is 5.21. The molecule has 2 aromatic heterocycles. The number of alkyl halides is 3. The van der Waals surface area contributed by atoms with E-state index in [1.54, 1.807) is 12.1 Å². The molecule has 1 fully saturated rings. The van der Waals surface area contributed by atoms with Gasteiger partial charge in [0.05, 0.1) is 5.69 Å². The van der Waals surface area contributed by atoms with Crippen molar-refractivity contribution in [3.8, 4) is 0 Å². The molecular weight excluding hydrogens is 575 g/mol. The Balaban J connectivity index is 1.19. The Bertz CT molecular complexity index is 1710. The molecule has 14 heteroatoms. The molecule has 2 aliphatic rings. The molecule has 4 aromatic rings. The number of nitrogens with zero attached hydrogens (tertiary/aromatic N) is 6. The molecule has 1 N–H and O–H groups in total. The third-order valence-corrected chi connectivity index (χ3v) is 9.36. The van der Waals surface area contributed by atoms with Crippen LogP contribution in [-0.2, 0) is 16.4 Å². The summed E-state index contributed by atoms with van der Waals surface area (Å²) in [5.74, 6) is 1.32. The Morgan fingerprint density at radius 3 is 2.46 bits per heavy atom. The second-order valence-electron chi connectivity index (χ2n) is 9.69. The zero-order valence-corrected chi connectivity index (χ0v) is 23.6. The maximum atomic E-state index is 13.1. The van der Waals surface area contributed by atoms with Crippen LogP contribution in [0, 0.1) is 0 Å². The minimum atomic E-state index is -5.44. The minimum absolute atomic E-state index is 0.0429. The first-order valence-electron chi connectivity index (χ1n) is 12.9. The van der Waals surface area contributed by atoms with Crippen molar-refractivity contribution in [3.63, 3.8) is 0 Å². The maximum absolute atomic E-state index is 13.1. The SMILES string of the molecule is CSc1nc(Nc2ccc3c(c2)CCN3S(=O)(=O)C(F)(F)F)cc(N2CCN(c3cccc4cnccc34)CC2)n1. The number of nitrogens with one attached hydrogen (secondary N) is 1. The lowest BCUT2D eigenvalue weighted by molar-refractivity contribution is -0.0437. The van der Waals surface area contributed by atoms with E-state index in [2.05, 4.69) is 37.2 Å². The number of thioether (sulfide) groups is 1. The summed E-state index contributed by atoms with van der Waals surface area (Å²) >= 11 is 1.41. The van der Waals surface area contributed by atoms with Gasteiger partial charge in [-0.3, -0.25) is 9.29 Å². The molecule has 0 atom stereocenters. The molecule has 2 aliphatic heterocycles. The van der Waals surface area contributed by atoms with E-state index in [4.69, 9.17) is 4.98 Å². The highest BCUT2D eigenvalue weighted by Crippen LogP contribution is 2.38. The Kier molecular flexibility index (Phi) is 7.06. The standard InChI is InChI=1S/C27H26F3N7O2S2/c1-40-26-33-24(32-20-5-6-22-18(15-20)8-10-37(22)41(38,39)27(28,29)30)16-25(34-26)36-13-11-35(12-14-36)23-4-2-3-19-17-31-9-7-21(19)23/h2-7,9,15-17H,8,10-14H2,1H3,(H,32,33,34). The van der Waals surface area contributed by atoms with Gasteiger partial charge in [-0.05, 0) is 48.6 Å². The summed E-state index contributed by atoms with van der Waals surface area (Å²) < 4.78 is 63.7. The van der Waals surface area contributed by atoms with Crippen molar-refractivity contribution >= 4 is 61.3 Å².